The summed E-state index contributed by atoms with van der Waals surface area (Å²) in [7, 11) is -3.11. The second-order valence-electron chi connectivity index (χ2n) is 22.8. The first kappa shape index (κ1) is 55.0. The molecule has 5 rings (SSSR count). The second kappa shape index (κ2) is 19.2. The van der Waals surface area contributed by atoms with E-state index in [1.165, 1.54) is 65.3 Å². The zero-order valence-corrected chi connectivity index (χ0v) is 44.5. The van der Waals surface area contributed by atoms with Crippen molar-refractivity contribution < 1.29 is 58.9 Å². The zero-order chi connectivity index (χ0) is 41.2. The summed E-state index contributed by atoms with van der Waals surface area (Å²) in [6.45, 7) is 43.0. The maximum absolute atomic E-state index is 3.11. The summed E-state index contributed by atoms with van der Waals surface area (Å²) in [4.78, 5) is 0. The van der Waals surface area contributed by atoms with Crippen molar-refractivity contribution in [1.82, 2.24) is 0 Å². The van der Waals surface area contributed by atoms with Crippen molar-refractivity contribution in [3.63, 3.8) is 0 Å². The molecule has 59 heavy (non-hydrogen) atoms. The van der Waals surface area contributed by atoms with Crippen molar-refractivity contribution in [3.05, 3.63) is 148 Å². The molecule has 0 heterocycles. The van der Waals surface area contributed by atoms with Gasteiger partial charge in [0.2, 0.25) is 0 Å². The zero-order valence-electron chi connectivity index (χ0n) is 39.7. The van der Waals surface area contributed by atoms with Crippen LogP contribution in [0.5, 0.6) is 0 Å². The number of benzene rings is 4. The molecule has 5 aromatic rings. The maximum atomic E-state index is 2.64. The van der Waals surface area contributed by atoms with Crippen LogP contribution in [-0.2, 0) is 60.6 Å². The Morgan fingerprint density at radius 1 is 0.373 bits per heavy atom. The van der Waals surface area contributed by atoms with E-state index in [0.717, 1.165) is 6.42 Å². The third-order valence-corrected chi connectivity index (χ3v) is 16.6. The molecule has 0 amide bonds. The van der Waals surface area contributed by atoms with Crippen molar-refractivity contribution in [2.45, 2.75) is 164 Å². The summed E-state index contributed by atoms with van der Waals surface area (Å²) in [5.41, 5.74) is 11.1. The SMILES string of the molecule is CC(C)(C)c1cc(C(C)(C)C)cc([Si](c2cc(C(C)(C)C)cc(C(C)(C)C)c2)(c2cc(C(C)(C)C)cc(C(C)(C)C)c2)[c-]2cccc2Cc2ccccc2)c1.[Cl-].[Cl-].[Cl-].[Ti+4]. The van der Waals surface area contributed by atoms with Gasteiger partial charge in [-0.25, -0.2) is 12.1 Å². The summed E-state index contributed by atoms with van der Waals surface area (Å²) < 4.78 is 0. The summed E-state index contributed by atoms with van der Waals surface area (Å²) in [5, 5.41) is 5.98. The molecule has 0 unspecified atom stereocenters. The van der Waals surface area contributed by atoms with Crippen molar-refractivity contribution in [3.8, 4) is 0 Å². The van der Waals surface area contributed by atoms with Gasteiger partial charge in [-0.3, -0.25) is 0 Å². The van der Waals surface area contributed by atoms with Crippen LogP contribution in [0.3, 0.4) is 0 Å². The normalized spacial score (nSPS) is 12.8. The van der Waals surface area contributed by atoms with Gasteiger partial charge in [0.1, 0.15) is 8.07 Å². The van der Waals surface area contributed by atoms with Gasteiger partial charge in [0.25, 0.3) is 0 Å². The second-order valence-corrected chi connectivity index (χ2v) is 26.5. The van der Waals surface area contributed by atoms with Gasteiger partial charge in [-0.2, -0.15) is 11.6 Å². The molecule has 0 aliphatic heterocycles. The monoisotopic (exact) mass is 902 g/mol. The molecule has 0 nitrogen and oxygen atoms in total. The molecule has 0 aliphatic carbocycles. The van der Waals surface area contributed by atoms with Gasteiger partial charge in [0, 0.05) is 0 Å². The molecule has 5 aromatic carbocycles. The van der Waals surface area contributed by atoms with Crippen molar-refractivity contribution in [2.24, 2.45) is 0 Å². The van der Waals surface area contributed by atoms with Crippen LogP contribution < -0.4 is 58.0 Å². The van der Waals surface area contributed by atoms with E-state index in [4.69, 9.17) is 0 Å². The Morgan fingerprint density at radius 2 is 0.644 bits per heavy atom. The molecule has 0 saturated carbocycles. The molecule has 318 valence electrons. The van der Waals surface area contributed by atoms with Gasteiger partial charge in [-0.15, -0.1) is 5.19 Å². The molecule has 0 radical (unpaired) electrons. The third kappa shape index (κ3) is 12.1. The number of rotatable bonds is 6. The largest absolute Gasteiger partial charge is 4.00 e. The first-order valence-electron chi connectivity index (χ1n) is 20.8. The fraction of sp³-hybridized carbons (Fsp3) is 0.463. The molecule has 0 aliphatic rings. The number of halogens is 3. The molecule has 0 spiro atoms. The maximum Gasteiger partial charge on any atom is 4.00 e. The Balaban J connectivity index is 0.00000435. The fourth-order valence-electron chi connectivity index (χ4n) is 7.89. The Kier molecular flexibility index (Phi) is 17.9. The summed E-state index contributed by atoms with van der Waals surface area (Å²) in [5.74, 6) is 0. The molecule has 0 fully saturated rings. The minimum Gasteiger partial charge on any atom is -1.00 e. The van der Waals surface area contributed by atoms with Gasteiger partial charge in [-0.1, -0.05) is 225 Å². The minimum atomic E-state index is -3.11. The molecule has 0 atom stereocenters. The van der Waals surface area contributed by atoms with Gasteiger partial charge in [0.05, 0.1) is 0 Å². The van der Waals surface area contributed by atoms with E-state index >= 15 is 0 Å². The van der Waals surface area contributed by atoms with Crippen LogP contribution >= 0.6 is 0 Å². The van der Waals surface area contributed by atoms with E-state index in [0.29, 0.717) is 0 Å². The molecular formula is C54H73Cl3SiTi. The Labute approximate surface area is 396 Å². The van der Waals surface area contributed by atoms with E-state index in [1.807, 2.05) is 0 Å². The van der Waals surface area contributed by atoms with Gasteiger partial charge in [-0.05, 0) is 77.9 Å². The smallest absolute Gasteiger partial charge is 1.00 e. The number of hydrogen-bond donors (Lipinski definition) is 0. The van der Waals surface area contributed by atoms with Gasteiger partial charge < -0.3 is 37.2 Å². The predicted molar refractivity (Wildman–Crippen MR) is 247 cm³/mol. The summed E-state index contributed by atoms with van der Waals surface area (Å²) in [6, 6.07) is 41.8. The van der Waals surface area contributed by atoms with Gasteiger partial charge in [0.15, 0.2) is 0 Å². The first-order chi connectivity index (χ1) is 25.0. The van der Waals surface area contributed by atoms with E-state index in [-0.39, 0.29) is 91.4 Å². The van der Waals surface area contributed by atoms with Gasteiger partial charge >= 0.3 is 21.7 Å². The van der Waals surface area contributed by atoms with Crippen molar-refractivity contribution in [2.75, 3.05) is 0 Å². The van der Waals surface area contributed by atoms with Crippen LogP contribution in [0, 0.1) is 0 Å². The Bertz CT molecular complexity index is 1860. The molecule has 5 heteroatoms. The van der Waals surface area contributed by atoms with E-state index in [2.05, 4.69) is 228 Å². The molecule has 0 bridgehead atoms. The quantitative estimate of drug-likeness (QED) is 0.140. The third-order valence-electron chi connectivity index (χ3n) is 11.8. The Hall–Kier alpha value is -1.97. The van der Waals surface area contributed by atoms with Crippen LogP contribution in [0.15, 0.2) is 103 Å². The van der Waals surface area contributed by atoms with Crippen LogP contribution in [0.25, 0.3) is 0 Å². The molecular weight excluding hydrogens is 831 g/mol. The first-order valence-corrected chi connectivity index (χ1v) is 22.8. The predicted octanol–water partition coefficient (Wildman–Crippen LogP) is 3.17. The van der Waals surface area contributed by atoms with Crippen LogP contribution in [0.2, 0.25) is 0 Å². The van der Waals surface area contributed by atoms with Crippen LogP contribution in [-0.4, -0.2) is 8.07 Å². The molecule has 0 aromatic heterocycles. The van der Waals surface area contributed by atoms with Crippen molar-refractivity contribution >= 4 is 28.8 Å². The topological polar surface area (TPSA) is 0 Å². The average Bonchev–Trinajstić information content (AvgIpc) is 3.51. The van der Waals surface area contributed by atoms with Crippen molar-refractivity contribution in [1.29, 1.82) is 0 Å². The molecule has 0 saturated heterocycles. The summed E-state index contributed by atoms with van der Waals surface area (Å²) >= 11 is 0. The van der Waals surface area contributed by atoms with E-state index < -0.39 is 8.07 Å². The standard InChI is InChI=1S/C54H73Si.3ClH.Ti/c1-49(2,3)39-28-40(50(4,5)6)32-45(31-39)55(48-26-22-25-38(48)27-37-23-20-19-21-24-37,46-33-41(51(7,8)9)29-42(34-46)52(10,11)12)47-35-43(53(13,14)15)30-44(36-47)54(16,17)18;;;;/h19-26,28-36H,27H2,1-18H3;3*1H;/q-1;;;;+4/p-3. The van der Waals surface area contributed by atoms with Crippen LogP contribution in [0.4, 0.5) is 0 Å². The number of hydrogen-bond acceptors (Lipinski definition) is 0. The minimum absolute atomic E-state index is 0. The Morgan fingerprint density at radius 3 is 0.898 bits per heavy atom. The van der Waals surface area contributed by atoms with Crippen LogP contribution in [0.1, 0.15) is 169 Å². The summed E-state index contributed by atoms with van der Waals surface area (Å²) in [6.07, 6.45) is 0.902. The molecule has 0 N–H and O–H groups in total. The average molecular weight is 904 g/mol. The van der Waals surface area contributed by atoms with E-state index in [9.17, 15) is 0 Å². The fourth-order valence-corrected chi connectivity index (χ4v) is 13.1. The van der Waals surface area contributed by atoms with E-state index in [1.54, 1.807) is 0 Å².